The molecule has 0 spiro atoms. The van der Waals surface area contributed by atoms with Gasteiger partial charge in [0.1, 0.15) is 0 Å². The number of hydrogen-bond acceptors (Lipinski definition) is 2. The van der Waals surface area contributed by atoms with Gasteiger partial charge < -0.3 is 1.43 Å². The molecule has 1 aromatic rings. The first-order valence-electron chi connectivity index (χ1n) is 3.56. The molecule has 0 amide bonds. The standard InChI is InChI=1S/C8H9ClO3S.Na.H/c1-5-4-8(13(10,11)12)6(2)3-7(5)9;;/h3-4H,1-2H3,(H,10,11,12);;/q;+1;-1. The maximum atomic E-state index is 10.8. The Labute approximate surface area is 112 Å². The van der Waals surface area contributed by atoms with E-state index in [9.17, 15) is 8.42 Å². The second-order valence-corrected chi connectivity index (χ2v) is 4.64. The van der Waals surface area contributed by atoms with Crippen LogP contribution in [-0.4, -0.2) is 13.0 Å². The summed E-state index contributed by atoms with van der Waals surface area (Å²) < 4.78 is 30.5. The maximum Gasteiger partial charge on any atom is 1.00 e. The van der Waals surface area contributed by atoms with Crippen LogP contribution in [0.25, 0.3) is 0 Å². The molecule has 3 nitrogen and oxygen atoms in total. The van der Waals surface area contributed by atoms with Crippen molar-refractivity contribution in [3.05, 3.63) is 28.3 Å². The molecule has 0 saturated heterocycles. The van der Waals surface area contributed by atoms with E-state index in [1.807, 2.05) is 0 Å². The molecule has 0 unspecified atom stereocenters. The van der Waals surface area contributed by atoms with Gasteiger partial charge in [-0.1, -0.05) is 11.6 Å². The van der Waals surface area contributed by atoms with Crippen molar-refractivity contribution in [3.8, 4) is 0 Å². The summed E-state index contributed by atoms with van der Waals surface area (Å²) >= 11 is 5.76. The van der Waals surface area contributed by atoms with Crippen molar-refractivity contribution in [1.82, 2.24) is 0 Å². The van der Waals surface area contributed by atoms with E-state index in [0.29, 0.717) is 16.1 Å². The topological polar surface area (TPSA) is 54.4 Å². The van der Waals surface area contributed by atoms with E-state index in [2.05, 4.69) is 0 Å². The van der Waals surface area contributed by atoms with Gasteiger partial charge in [-0.25, -0.2) is 0 Å². The number of aryl methyl sites for hydroxylation is 2. The molecule has 0 atom stereocenters. The van der Waals surface area contributed by atoms with Crippen molar-refractivity contribution < 1.29 is 44.0 Å². The summed E-state index contributed by atoms with van der Waals surface area (Å²) in [5.74, 6) is 0. The third-order valence-electron chi connectivity index (χ3n) is 1.73. The second-order valence-electron chi connectivity index (χ2n) is 2.84. The molecule has 0 fully saturated rings. The molecule has 0 saturated carbocycles. The van der Waals surface area contributed by atoms with Crippen LogP contribution in [0.1, 0.15) is 12.6 Å². The van der Waals surface area contributed by atoms with Crippen LogP contribution in [0.5, 0.6) is 0 Å². The zero-order valence-corrected chi connectivity index (χ0v) is 11.8. The van der Waals surface area contributed by atoms with E-state index in [1.54, 1.807) is 13.8 Å². The number of hydrogen-bond donors (Lipinski definition) is 1. The van der Waals surface area contributed by atoms with E-state index in [1.165, 1.54) is 12.1 Å². The SMILES string of the molecule is Cc1cc(S(=O)(=O)O)c(C)cc1Cl.[H-].[Na+]. The van der Waals surface area contributed by atoms with Gasteiger partial charge in [0.05, 0.1) is 4.90 Å². The zero-order valence-electron chi connectivity index (χ0n) is 9.20. The molecule has 0 aliphatic heterocycles. The number of rotatable bonds is 1. The van der Waals surface area contributed by atoms with E-state index >= 15 is 0 Å². The second kappa shape index (κ2) is 4.96. The fourth-order valence-corrected chi connectivity index (χ4v) is 2.04. The van der Waals surface area contributed by atoms with Crippen molar-refractivity contribution in [2.75, 3.05) is 0 Å². The van der Waals surface area contributed by atoms with Crippen molar-refractivity contribution >= 4 is 21.7 Å². The molecular formula is C8H10ClNaO3S. The fourth-order valence-electron chi connectivity index (χ4n) is 1.03. The van der Waals surface area contributed by atoms with Gasteiger partial charge in [-0.3, -0.25) is 4.55 Å². The molecule has 0 heterocycles. The van der Waals surface area contributed by atoms with Gasteiger partial charge >= 0.3 is 29.6 Å². The Morgan fingerprint density at radius 1 is 1.29 bits per heavy atom. The number of benzene rings is 1. The van der Waals surface area contributed by atoms with E-state index in [4.69, 9.17) is 16.2 Å². The molecular weight excluding hydrogens is 235 g/mol. The molecule has 6 heteroatoms. The van der Waals surface area contributed by atoms with Gasteiger partial charge in [0.15, 0.2) is 0 Å². The first-order chi connectivity index (χ1) is 5.82. The van der Waals surface area contributed by atoms with Crippen LogP contribution in [0, 0.1) is 13.8 Å². The summed E-state index contributed by atoms with van der Waals surface area (Å²) in [5.41, 5.74) is 1.07. The van der Waals surface area contributed by atoms with E-state index in [0.717, 1.165) is 0 Å². The maximum absolute atomic E-state index is 10.8. The molecule has 0 bridgehead atoms. The molecule has 0 aliphatic rings. The summed E-state index contributed by atoms with van der Waals surface area (Å²) in [6.45, 7) is 3.25. The third kappa shape index (κ3) is 3.22. The molecule has 74 valence electrons. The van der Waals surface area contributed by atoms with Crippen molar-refractivity contribution in [3.63, 3.8) is 0 Å². The van der Waals surface area contributed by atoms with Gasteiger partial charge in [-0.15, -0.1) is 0 Å². The summed E-state index contributed by atoms with van der Waals surface area (Å²) in [6.07, 6.45) is 0. The minimum atomic E-state index is -4.13. The molecule has 1 rings (SSSR count). The van der Waals surface area contributed by atoms with Gasteiger partial charge in [0, 0.05) is 5.02 Å². The van der Waals surface area contributed by atoms with Gasteiger partial charge in [0.25, 0.3) is 10.1 Å². The molecule has 1 aromatic carbocycles. The predicted octanol–water partition coefficient (Wildman–Crippen LogP) is -0.680. The minimum absolute atomic E-state index is 0. The normalized spacial score (nSPS) is 10.9. The largest absolute Gasteiger partial charge is 1.00 e. The first kappa shape index (κ1) is 14.4. The van der Waals surface area contributed by atoms with Gasteiger partial charge in [-0.05, 0) is 37.1 Å². The van der Waals surface area contributed by atoms with E-state index < -0.39 is 10.1 Å². The Kier molecular flexibility index (Phi) is 5.11. The van der Waals surface area contributed by atoms with Crippen LogP contribution in [-0.2, 0) is 10.1 Å². The van der Waals surface area contributed by atoms with Crippen LogP contribution < -0.4 is 29.6 Å². The molecule has 0 aliphatic carbocycles. The van der Waals surface area contributed by atoms with Crippen molar-refractivity contribution in [1.29, 1.82) is 0 Å². The molecule has 1 N–H and O–H groups in total. The van der Waals surface area contributed by atoms with Gasteiger partial charge in [0.2, 0.25) is 0 Å². The fraction of sp³-hybridized carbons (Fsp3) is 0.250. The summed E-state index contributed by atoms with van der Waals surface area (Å²) in [7, 11) is -4.13. The smallest absolute Gasteiger partial charge is 1.00 e. The molecule has 0 radical (unpaired) electrons. The summed E-state index contributed by atoms with van der Waals surface area (Å²) in [5, 5.41) is 0.491. The monoisotopic (exact) mass is 244 g/mol. The Hall–Kier alpha value is 0.420. The minimum Gasteiger partial charge on any atom is -1.00 e. The van der Waals surface area contributed by atoms with E-state index in [-0.39, 0.29) is 35.9 Å². The first-order valence-corrected chi connectivity index (χ1v) is 5.38. The molecule has 14 heavy (non-hydrogen) atoms. The summed E-state index contributed by atoms with van der Waals surface area (Å²) in [4.78, 5) is -0.0885. The van der Waals surface area contributed by atoms with Crippen LogP contribution in [0.15, 0.2) is 17.0 Å². The average Bonchev–Trinajstić information content (AvgIpc) is 1.94. The van der Waals surface area contributed by atoms with Gasteiger partial charge in [-0.2, -0.15) is 8.42 Å². The van der Waals surface area contributed by atoms with Crippen LogP contribution >= 0.6 is 11.6 Å². The predicted molar refractivity (Wildman–Crippen MR) is 51.9 cm³/mol. The van der Waals surface area contributed by atoms with Crippen LogP contribution in [0.3, 0.4) is 0 Å². The average molecular weight is 245 g/mol. The Bertz CT molecular complexity index is 447. The zero-order chi connectivity index (χ0) is 10.2. The van der Waals surface area contributed by atoms with Crippen LogP contribution in [0.4, 0.5) is 0 Å². The number of halogens is 1. The molecule has 0 aromatic heterocycles. The summed E-state index contributed by atoms with van der Waals surface area (Å²) in [6, 6.07) is 2.87. The Balaban J connectivity index is 0. The quantitative estimate of drug-likeness (QED) is 0.526. The Morgan fingerprint density at radius 3 is 2.21 bits per heavy atom. The van der Waals surface area contributed by atoms with Crippen LogP contribution in [0.2, 0.25) is 5.02 Å². The van der Waals surface area contributed by atoms with Crippen molar-refractivity contribution in [2.24, 2.45) is 0 Å². The van der Waals surface area contributed by atoms with Crippen molar-refractivity contribution in [2.45, 2.75) is 18.7 Å². The third-order valence-corrected chi connectivity index (χ3v) is 3.14. The Morgan fingerprint density at radius 2 is 1.79 bits per heavy atom.